The molecule has 0 aliphatic rings. The molecule has 0 radical (unpaired) electrons. The summed E-state index contributed by atoms with van der Waals surface area (Å²) in [6.45, 7) is 3.10. The lowest BCUT2D eigenvalue weighted by Crippen LogP contribution is -2.30. The van der Waals surface area contributed by atoms with Gasteiger partial charge in [0.1, 0.15) is 12.7 Å². The number of aromatic nitrogens is 8. The van der Waals surface area contributed by atoms with Gasteiger partial charge in [-0.2, -0.15) is 9.97 Å². The summed E-state index contributed by atoms with van der Waals surface area (Å²) in [5.74, 6) is 0.610. The van der Waals surface area contributed by atoms with Gasteiger partial charge in [-0.05, 0) is 19.1 Å². The molecule has 0 atom stereocenters. The zero-order chi connectivity index (χ0) is 22.6. The first kappa shape index (κ1) is 20.4. The summed E-state index contributed by atoms with van der Waals surface area (Å²) >= 11 is 0. The SMILES string of the molecule is CCN(c1nc(NC(=O)CCn2ccnc2)c2ncn(-c3ccccc3)c2n1)n1ccnc1. The summed E-state index contributed by atoms with van der Waals surface area (Å²) in [6.07, 6.45) is 12.3. The Hall–Kier alpha value is -4.54. The highest BCUT2D eigenvalue weighted by Gasteiger charge is 2.19. The predicted molar refractivity (Wildman–Crippen MR) is 123 cm³/mol. The average molecular weight is 442 g/mol. The van der Waals surface area contributed by atoms with Crippen LogP contribution in [-0.2, 0) is 11.3 Å². The highest BCUT2D eigenvalue weighted by atomic mass is 16.1. The van der Waals surface area contributed by atoms with Crippen LogP contribution in [0.4, 0.5) is 11.8 Å². The zero-order valence-corrected chi connectivity index (χ0v) is 18.0. The van der Waals surface area contributed by atoms with Crippen molar-refractivity contribution >= 4 is 28.8 Å². The molecule has 11 heteroatoms. The van der Waals surface area contributed by atoms with E-state index in [0.717, 1.165) is 5.69 Å². The summed E-state index contributed by atoms with van der Waals surface area (Å²) in [7, 11) is 0. The van der Waals surface area contributed by atoms with Crippen molar-refractivity contribution in [1.29, 1.82) is 0 Å². The van der Waals surface area contributed by atoms with Gasteiger partial charge in [-0.3, -0.25) is 9.36 Å². The Morgan fingerprint density at radius 2 is 1.85 bits per heavy atom. The van der Waals surface area contributed by atoms with Crippen LogP contribution in [0, 0.1) is 0 Å². The maximum absolute atomic E-state index is 12.7. The number of hydrogen-bond donors (Lipinski definition) is 1. The molecule has 0 bridgehead atoms. The van der Waals surface area contributed by atoms with E-state index in [4.69, 9.17) is 4.98 Å². The van der Waals surface area contributed by atoms with Gasteiger partial charge in [0.05, 0.1) is 6.33 Å². The standard InChI is InChI=1S/C22H22N10O/c1-2-32(30-13-10-24-15-30)22-27-20(26-18(33)8-11-29-12-9-23-14-29)19-21(28-22)31(16-25-19)17-6-4-3-5-7-17/h3-7,9-10,12-16H,2,8,11H2,1H3,(H,26,27,28,33). The van der Waals surface area contributed by atoms with Gasteiger partial charge < -0.3 is 9.88 Å². The van der Waals surface area contributed by atoms with Crippen LogP contribution in [0.25, 0.3) is 16.9 Å². The van der Waals surface area contributed by atoms with Crippen molar-refractivity contribution in [1.82, 2.24) is 38.7 Å². The summed E-state index contributed by atoms with van der Waals surface area (Å²) in [4.78, 5) is 34.8. The van der Waals surface area contributed by atoms with Crippen LogP contribution in [-0.4, -0.2) is 51.2 Å². The number of hydrogen-bond acceptors (Lipinski definition) is 7. The first-order chi connectivity index (χ1) is 16.2. The average Bonchev–Trinajstić information content (AvgIpc) is 3.61. The number of para-hydroxylation sites is 1. The van der Waals surface area contributed by atoms with Gasteiger partial charge in [0.2, 0.25) is 11.9 Å². The number of imidazole rings is 3. The van der Waals surface area contributed by atoms with E-state index in [-0.39, 0.29) is 12.3 Å². The number of rotatable bonds is 8. The van der Waals surface area contributed by atoms with Crippen LogP contribution in [0.15, 0.2) is 74.1 Å². The minimum absolute atomic E-state index is 0.172. The lowest BCUT2D eigenvalue weighted by Gasteiger charge is -2.22. The summed E-state index contributed by atoms with van der Waals surface area (Å²) in [5.41, 5.74) is 2.02. The molecule has 1 amide bonds. The number of benzene rings is 1. The van der Waals surface area contributed by atoms with E-state index in [1.54, 1.807) is 36.1 Å². The zero-order valence-electron chi connectivity index (χ0n) is 18.0. The minimum atomic E-state index is -0.172. The second-order valence-electron chi connectivity index (χ2n) is 7.25. The number of aryl methyl sites for hydroxylation is 1. The molecule has 0 fully saturated rings. The Bertz CT molecular complexity index is 1340. The second-order valence-corrected chi connectivity index (χ2v) is 7.25. The van der Waals surface area contributed by atoms with Crippen molar-refractivity contribution < 1.29 is 4.79 Å². The highest BCUT2D eigenvalue weighted by Crippen LogP contribution is 2.25. The summed E-state index contributed by atoms with van der Waals surface area (Å²) < 4.78 is 5.53. The van der Waals surface area contributed by atoms with E-state index in [1.165, 1.54) is 0 Å². The van der Waals surface area contributed by atoms with Crippen molar-refractivity contribution in [2.45, 2.75) is 19.9 Å². The summed E-state index contributed by atoms with van der Waals surface area (Å²) in [5, 5.41) is 4.78. The van der Waals surface area contributed by atoms with Crippen LogP contribution in [0.1, 0.15) is 13.3 Å². The molecule has 1 aromatic carbocycles. The smallest absolute Gasteiger partial charge is 0.249 e. The molecule has 5 aromatic rings. The molecule has 4 aromatic heterocycles. The van der Waals surface area contributed by atoms with Gasteiger partial charge >= 0.3 is 0 Å². The lowest BCUT2D eigenvalue weighted by molar-refractivity contribution is -0.116. The maximum atomic E-state index is 12.7. The van der Waals surface area contributed by atoms with Crippen molar-refractivity contribution in [3.8, 4) is 5.69 Å². The molecule has 0 saturated heterocycles. The van der Waals surface area contributed by atoms with E-state index < -0.39 is 0 Å². The third-order valence-corrected chi connectivity index (χ3v) is 5.13. The Kier molecular flexibility index (Phi) is 5.50. The van der Waals surface area contributed by atoms with Crippen LogP contribution in [0.3, 0.4) is 0 Å². The third-order valence-electron chi connectivity index (χ3n) is 5.13. The fraction of sp³-hybridized carbons (Fsp3) is 0.182. The second kappa shape index (κ2) is 8.91. The van der Waals surface area contributed by atoms with E-state index >= 15 is 0 Å². The molecule has 166 valence electrons. The lowest BCUT2D eigenvalue weighted by atomic mass is 10.3. The van der Waals surface area contributed by atoms with Crippen molar-refractivity contribution in [3.05, 3.63) is 74.1 Å². The van der Waals surface area contributed by atoms with E-state index in [2.05, 4.69) is 25.3 Å². The Balaban J connectivity index is 1.55. The van der Waals surface area contributed by atoms with Crippen molar-refractivity contribution in [2.75, 3.05) is 16.9 Å². The number of anilines is 2. The van der Waals surface area contributed by atoms with Gasteiger partial charge in [0, 0.05) is 50.0 Å². The number of amides is 1. The largest absolute Gasteiger partial charge is 0.337 e. The van der Waals surface area contributed by atoms with Crippen molar-refractivity contribution in [3.63, 3.8) is 0 Å². The van der Waals surface area contributed by atoms with Gasteiger partial charge in [-0.25, -0.2) is 24.6 Å². The summed E-state index contributed by atoms with van der Waals surface area (Å²) in [6, 6.07) is 9.80. The molecule has 4 heterocycles. The van der Waals surface area contributed by atoms with E-state index in [9.17, 15) is 4.79 Å². The number of fused-ring (bicyclic) bond motifs is 1. The first-order valence-corrected chi connectivity index (χ1v) is 10.5. The van der Waals surface area contributed by atoms with Crippen molar-refractivity contribution in [2.24, 2.45) is 0 Å². The Morgan fingerprint density at radius 1 is 1.03 bits per heavy atom. The molecule has 5 rings (SSSR count). The fourth-order valence-corrected chi connectivity index (χ4v) is 3.52. The number of nitrogens with zero attached hydrogens (tertiary/aromatic N) is 9. The predicted octanol–water partition coefficient (Wildman–Crippen LogP) is 2.53. The monoisotopic (exact) mass is 442 g/mol. The molecule has 0 aliphatic heterocycles. The first-order valence-electron chi connectivity index (χ1n) is 10.5. The number of carbonyl (C=O) groups excluding carboxylic acids is 1. The molecule has 0 aliphatic carbocycles. The number of carbonyl (C=O) groups is 1. The van der Waals surface area contributed by atoms with Crippen LogP contribution >= 0.6 is 0 Å². The van der Waals surface area contributed by atoms with E-state index in [1.807, 2.05) is 63.8 Å². The van der Waals surface area contributed by atoms with E-state index in [0.29, 0.717) is 36.0 Å². The van der Waals surface area contributed by atoms with Crippen LogP contribution in [0.2, 0.25) is 0 Å². The normalized spacial score (nSPS) is 11.1. The van der Waals surface area contributed by atoms with Gasteiger partial charge in [0.25, 0.3) is 0 Å². The Morgan fingerprint density at radius 3 is 2.58 bits per heavy atom. The molecule has 11 nitrogen and oxygen atoms in total. The quantitative estimate of drug-likeness (QED) is 0.393. The molecule has 0 unspecified atom stereocenters. The van der Waals surface area contributed by atoms with Gasteiger partial charge in [-0.15, -0.1) is 0 Å². The van der Waals surface area contributed by atoms with Gasteiger partial charge in [-0.1, -0.05) is 18.2 Å². The minimum Gasteiger partial charge on any atom is -0.337 e. The number of nitrogens with one attached hydrogen (secondary N) is 1. The molecule has 0 saturated carbocycles. The highest BCUT2D eigenvalue weighted by molar-refractivity contribution is 5.97. The molecular formula is C22H22N10O. The molecular weight excluding hydrogens is 420 g/mol. The topological polar surface area (TPSA) is 112 Å². The fourth-order valence-electron chi connectivity index (χ4n) is 3.52. The van der Waals surface area contributed by atoms with Gasteiger partial charge in [0.15, 0.2) is 17.0 Å². The molecule has 33 heavy (non-hydrogen) atoms. The van der Waals surface area contributed by atoms with Crippen LogP contribution < -0.4 is 10.3 Å². The maximum Gasteiger partial charge on any atom is 0.249 e. The third kappa shape index (κ3) is 4.15. The van der Waals surface area contributed by atoms with Crippen LogP contribution in [0.5, 0.6) is 0 Å². The Labute approximate surface area is 189 Å². The molecule has 1 N–H and O–H groups in total. The molecule has 0 spiro atoms.